The summed E-state index contributed by atoms with van der Waals surface area (Å²) in [4.78, 5) is 40.5. The Balaban J connectivity index is 0. The second kappa shape index (κ2) is 18.0. The summed E-state index contributed by atoms with van der Waals surface area (Å²) in [5.74, 6) is -1.04. The maximum absolute atomic E-state index is 10.0. The number of urea groups is 1. The van der Waals surface area contributed by atoms with Gasteiger partial charge in [-0.15, -0.1) is 11.5 Å². The highest BCUT2D eigenvalue weighted by atomic mass is 16.7. The molecule has 2 amide bonds. The lowest BCUT2D eigenvalue weighted by Crippen LogP contribution is -2.07. The maximum atomic E-state index is 10.0. The van der Waals surface area contributed by atoms with E-state index in [1.165, 1.54) is 31.7 Å². The van der Waals surface area contributed by atoms with Crippen molar-refractivity contribution < 1.29 is 19.5 Å². The first-order valence-corrected chi connectivity index (χ1v) is 8.31. The summed E-state index contributed by atoms with van der Waals surface area (Å²) >= 11 is 0. The normalized spacial score (nSPS) is 13.6. The molecule has 1 heterocycles. The molecule has 0 saturated heterocycles. The number of nitrogens with zero attached hydrogens (tertiary/aromatic N) is 3. The van der Waals surface area contributed by atoms with Crippen molar-refractivity contribution in [1.82, 2.24) is 0 Å². The average molecular weight is 355 g/mol. The molecule has 1 N–H and O–H groups in total. The fraction of sp³-hybridized carbons (Fsp3) is 0.647. The van der Waals surface area contributed by atoms with Crippen molar-refractivity contribution in [2.24, 2.45) is 21.2 Å². The van der Waals surface area contributed by atoms with Gasteiger partial charge in [-0.05, 0) is 26.2 Å². The van der Waals surface area contributed by atoms with Crippen LogP contribution in [0, 0.1) is 10.8 Å². The van der Waals surface area contributed by atoms with Gasteiger partial charge in [0.25, 0.3) is 0 Å². The van der Waals surface area contributed by atoms with Crippen LogP contribution in [0.3, 0.4) is 0 Å². The van der Waals surface area contributed by atoms with E-state index >= 15 is 0 Å². The third-order valence-electron chi connectivity index (χ3n) is 3.07. The predicted octanol–water partition coefficient (Wildman–Crippen LogP) is 4.59. The van der Waals surface area contributed by atoms with Gasteiger partial charge in [0.2, 0.25) is 0 Å². The Morgan fingerprint density at radius 1 is 1.32 bits per heavy atom. The van der Waals surface area contributed by atoms with Crippen LogP contribution in [-0.2, 0) is 9.63 Å². The molecule has 8 nitrogen and oxygen atoms in total. The van der Waals surface area contributed by atoms with Gasteiger partial charge in [-0.1, -0.05) is 39.2 Å². The van der Waals surface area contributed by atoms with Crippen molar-refractivity contribution in [3.8, 4) is 0 Å². The lowest BCUT2D eigenvalue weighted by molar-refractivity contribution is -0.140. The van der Waals surface area contributed by atoms with E-state index in [4.69, 9.17) is 5.11 Å². The summed E-state index contributed by atoms with van der Waals surface area (Å²) in [7, 11) is 0. The molecule has 0 spiro atoms. The molecule has 0 fully saturated rings. The molecule has 0 bridgehead atoms. The van der Waals surface area contributed by atoms with E-state index in [1.54, 1.807) is 13.0 Å². The molecule has 0 aromatic carbocycles. The molecule has 0 aromatic rings. The van der Waals surface area contributed by atoms with Gasteiger partial charge in [-0.3, -0.25) is 4.79 Å². The van der Waals surface area contributed by atoms with Crippen molar-refractivity contribution in [3.05, 3.63) is 17.6 Å². The number of hydrogen-bond acceptors (Lipinski definition) is 5. The van der Waals surface area contributed by atoms with Crippen molar-refractivity contribution in [1.29, 1.82) is 0 Å². The largest absolute Gasteiger partial charge is 0.481 e. The first-order chi connectivity index (χ1) is 11.9. The molecule has 0 radical (unpaired) electrons. The third kappa shape index (κ3) is 19.6. The molecule has 8 heteroatoms. The summed E-state index contributed by atoms with van der Waals surface area (Å²) in [5, 5.41) is 10.6. The number of rotatable bonds is 10. The van der Waals surface area contributed by atoms with Crippen molar-refractivity contribution in [2.45, 2.75) is 65.4 Å². The zero-order valence-electron chi connectivity index (χ0n) is 15.3. The minimum atomic E-state index is -0.759. The summed E-state index contributed by atoms with van der Waals surface area (Å²) in [6.07, 6.45) is 10.7. The zero-order valence-corrected chi connectivity index (χ0v) is 15.3. The highest BCUT2D eigenvalue weighted by Crippen LogP contribution is 2.07. The van der Waals surface area contributed by atoms with Crippen LogP contribution in [0.5, 0.6) is 0 Å². The van der Waals surface area contributed by atoms with Gasteiger partial charge < -0.3 is 9.94 Å². The highest BCUT2D eigenvalue weighted by Gasteiger charge is 2.06. The van der Waals surface area contributed by atoms with Crippen LogP contribution >= 0.6 is 0 Å². The number of hydrogen-bond donors (Lipinski definition) is 1. The maximum Gasteiger partial charge on any atom is 0.367 e. The molecule has 2 atom stereocenters. The molecule has 0 saturated carbocycles. The zero-order chi connectivity index (χ0) is 19.5. The fourth-order valence-corrected chi connectivity index (χ4v) is 1.56. The van der Waals surface area contributed by atoms with Crippen LogP contribution < -0.4 is 0 Å². The van der Waals surface area contributed by atoms with Crippen molar-refractivity contribution >= 4 is 24.4 Å². The number of allylic oxidation sites excluding steroid dienone is 1. The minimum absolute atomic E-state index is 0.00986. The molecule has 0 aromatic heterocycles. The summed E-state index contributed by atoms with van der Waals surface area (Å²) in [5.41, 5.74) is 0. The summed E-state index contributed by atoms with van der Waals surface area (Å²) in [6, 6.07) is -0.407. The number of carbonyl (C=O) groups excluding carboxylic acids is 1. The lowest BCUT2D eigenvalue weighted by Gasteiger charge is -2.05. The quantitative estimate of drug-likeness (QED) is 0.266. The Morgan fingerprint density at radius 2 is 1.92 bits per heavy atom. The predicted molar refractivity (Wildman–Crippen MR) is 99.1 cm³/mol. The number of carboxylic acid groups (broad SMARTS) is 1. The van der Waals surface area contributed by atoms with Gasteiger partial charge in [0.1, 0.15) is 6.10 Å². The average Bonchev–Trinajstić information content (AvgIpc) is 3.04. The molecule has 1 aliphatic heterocycles. The Labute approximate surface area is 149 Å². The topological polar surface area (TPSA) is 118 Å². The highest BCUT2D eigenvalue weighted by molar-refractivity contribution is 6.25. The molecule has 1 rings (SSSR count). The molecular formula is C17H29N3O5. The Morgan fingerprint density at radius 3 is 2.24 bits per heavy atom. The van der Waals surface area contributed by atoms with Crippen LogP contribution in [0.15, 0.2) is 28.0 Å². The van der Waals surface area contributed by atoms with Gasteiger partial charge in [-0.2, -0.15) is 9.98 Å². The number of amides is 2. The molecule has 1 aliphatic rings. The third-order valence-corrected chi connectivity index (χ3v) is 3.07. The summed E-state index contributed by atoms with van der Waals surface area (Å²) < 4.78 is 0. The van der Waals surface area contributed by atoms with Gasteiger partial charge in [0, 0.05) is 0 Å². The van der Waals surface area contributed by atoms with E-state index in [9.17, 15) is 14.5 Å². The number of unbranched alkanes of at least 4 members (excludes halogenated alkanes) is 3. The van der Waals surface area contributed by atoms with E-state index in [0.717, 1.165) is 12.8 Å². The Kier molecular flexibility index (Phi) is 17.9. The van der Waals surface area contributed by atoms with Crippen molar-refractivity contribution in [3.63, 3.8) is 0 Å². The lowest BCUT2D eigenvalue weighted by atomic mass is 10.1. The standard InChI is InChI=1S/C8H17NO2.C6H10O2.C3H2N2O/c1-3-4-5-6-7-8(2)11-9-10;1-3-4-5(2)6(7)8;6-3-4-1-2-5-3/h8H,3-7H2,1-2H3;3,5H,1,4H2,2H3,(H,7,8);1-2H. The summed E-state index contributed by atoms with van der Waals surface area (Å²) in [6.45, 7) is 9.12. The molecule has 142 valence electrons. The van der Waals surface area contributed by atoms with E-state index < -0.39 is 12.0 Å². The first kappa shape index (κ1) is 24.9. The van der Waals surface area contributed by atoms with E-state index in [0.29, 0.717) is 6.42 Å². The van der Waals surface area contributed by atoms with Crippen LogP contribution in [0.1, 0.15) is 59.3 Å². The van der Waals surface area contributed by atoms with Crippen LogP contribution in [0.4, 0.5) is 4.79 Å². The monoisotopic (exact) mass is 355 g/mol. The number of carboxylic acids is 1. The number of aliphatic imine (C=N–C) groups is 2. The van der Waals surface area contributed by atoms with Crippen molar-refractivity contribution in [2.75, 3.05) is 0 Å². The van der Waals surface area contributed by atoms with Gasteiger partial charge in [0.15, 0.2) is 5.34 Å². The van der Waals surface area contributed by atoms with Gasteiger partial charge in [-0.25, -0.2) is 4.79 Å². The Hall–Kier alpha value is -2.38. The Bertz CT molecular complexity index is 436. The first-order valence-electron chi connectivity index (χ1n) is 8.31. The van der Waals surface area contributed by atoms with E-state index in [-0.39, 0.29) is 12.0 Å². The van der Waals surface area contributed by atoms with Gasteiger partial charge in [0.05, 0.1) is 18.3 Å². The molecule has 2 unspecified atom stereocenters. The second-order valence-corrected chi connectivity index (χ2v) is 5.44. The van der Waals surface area contributed by atoms with Gasteiger partial charge >= 0.3 is 12.0 Å². The van der Waals surface area contributed by atoms with E-state index in [1.807, 2.05) is 6.92 Å². The smallest absolute Gasteiger partial charge is 0.367 e. The molecule has 25 heavy (non-hydrogen) atoms. The SMILES string of the molecule is C=CCC(C)C(=O)O.CCCCCCC(C)ON=O.O=C1N=CC=N1. The minimum Gasteiger partial charge on any atom is -0.481 e. The number of carbonyl (C=O) groups is 2. The van der Waals surface area contributed by atoms with E-state index in [2.05, 4.69) is 33.7 Å². The molecule has 0 aliphatic carbocycles. The fourth-order valence-electron chi connectivity index (χ4n) is 1.56. The molecular weight excluding hydrogens is 326 g/mol. The van der Waals surface area contributed by atoms with Crippen LogP contribution in [0.2, 0.25) is 0 Å². The number of aliphatic carboxylic acids is 1. The van der Waals surface area contributed by atoms with Crippen LogP contribution in [0.25, 0.3) is 0 Å². The second-order valence-electron chi connectivity index (χ2n) is 5.44. The van der Waals surface area contributed by atoms with Crippen LogP contribution in [-0.4, -0.2) is 35.6 Å².